The fourth-order valence-electron chi connectivity index (χ4n) is 2.81. The maximum Gasteiger partial charge on any atom is 0.271 e. The van der Waals surface area contributed by atoms with Crippen LogP contribution in [0.2, 0.25) is 0 Å². The first-order valence-corrected chi connectivity index (χ1v) is 8.53. The Morgan fingerprint density at radius 2 is 2.20 bits per heavy atom. The second-order valence-electron chi connectivity index (χ2n) is 6.37. The summed E-state index contributed by atoms with van der Waals surface area (Å²) in [5.74, 6) is 1.10. The van der Waals surface area contributed by atoms with Crippen molar-refractivity contribution in [1.82, 2.24) is 20.5 Å². The average molecular weight is 336 g/mol. The van der Waals surface area contributed by atoms with Gasteiger partial charge >= 0.3 is 0 Å². The number of aryl methyl sites for hydroxylation is 1. The van der Waals surface area contributed by atoms with E-state index in [9.17, 15) is 4.79 Å². The molecule has 3 aromatic rings. The van der Waals surface area contributed by atoms with Gasteiger partial charge in [0.05, 0.1) is 6.54 Å². The van der Waals surface area contributed by atoms with E-state index in [0.29, 0.717) is 24.8 Å². The Labute approximate surface area is 145 Å². The number of carbonyl (C=O) groups is 1. The van der Waals surface area contributed by atoms with E-state index in [0.717, 1.165) is 28.0 Å². The standard InChI is InChI=1S/C19H20N4O2/c1-12-5-6-14-3-2-4-17(18(14)21-12)25-10-9-20-19(24)16-11-15(22-23-16)13-7-8-13/h2-6,11,13H,7-10H2,1H3,(H,20,24)(H,22,23). The minimum Gasteiger partial charge on any atom is -0.489 e. The summed E-state index contributed by atoms with van der Waals surface area (Å²) in [5.41, 5.74) is 3.28. The Balaban J connectivity index is 1.33. The molecule has 1 aliphatic rings. The molecule has 6 heteroatoms. The van der Waals surface area contributed by atoms with Crippen LogP contribution < -0.4 is 10.1 Å². The number of aromatic amines is 1. The van der Waals surface area contributed by atoms with Gasteiger partial charge in [-0.15, -0.1) is 0 Å². The van der Waals surface area contributed by atoms with Gasteiger partial charge in [0, 0.05) is 22.7 Å². The molecule has 1 saturated carbocycles. The molecule has 0 saturated heterocycles. The van der Waals surface area contributed by atoms with Crippen molar-refractivity contribution in [2.75, 3.05) is 13.2 Å². The Morgan fingerprint density at radius 1 is 1.32 bits per heavy atom. The van der Waals surface area contributed by atoms with Crippen molar-refractivity contribution in [3.8, 4) is 5.75 Å². The van der Waals surface area contributed by atoms with Crippen LogP contribution in [0.15, 0.2) is 36.4 Å². The molecule has 6 nitrogen and oxygen atoms in total. The van der Waals surface area contributed by atoms with Crippen molar-refractivity contribution < 1.29 is 9.53 Å². The van der Waals surface area contributed by atoms with Gasteiger partial charge in [-0.2, -0.15) is 5.10 Å². The molecule has 128 valence electrons. The molecule has 2 heterocycles. The van der Waals surface area contributed by atoms with Gasteiger partial charge in [-0.3, -0.25) is 9.89 Å². The summed E-state index contributed by atoms with van der Waals surface area (Å²) in [6, 6.07) is 11.7. The van der Waals surface area contributed by atoms with Crippen molar-refractivity contribution in [3.63, 3.8) is 0 Å². The van der Waals surface area contributed by atoms with Crippen LogP contribution in [0.1, 0.15) is 40.6 Å². The SMILES string of the molecule is Cc1ccc2cccc(OCCNC(=O)c3cc(C4CC4)[nH]n3)c2n1. The third-order valence-corrected chi connectivity index (χ3v) is 4.32. The zero-order valence-electron chi connectivity index (χ0n) is 14.1. The highest BCUT2D eigenvalue weighted by Crippen LogP contribution is 2.38. The van der Waals surface area contributed by atoms with Gasteiger partial charge in [0.2, 0.25) is 0 Å². The summed E-state index contributed by atoms with van der Waals surface area (Å²) >= 11 is 0. The van der Waals surface area contributed by atoms with Crippen LogP contribution in [0.5, 0.6) is 5.75 Å². The molecule has 1 amide bonds. The highest BCUT2D eigenvalue weighted by Gasteiger charge is 2.26. The number of nitrogens with zero attached hydrogens (tertiary/aromatic N) is 2. The number of carbonyl (C=O) groups excluding carboxylic acids is 1. The third kappa shape index (κ3) is 3.47. The summed E-state index contributed by atoms with van der Waals surface area (Å²) in [7, 11) is 0. The van der Waals surface area contributed by atoms with Gasteiger partial charge in [-0.1, -0.05) is 18.2 Å². The molecule has 25 heavy (non-hydrogen) atoms. The van der Waals surface area contributed by atoms with E-state index in [-0.39, 0.29) is 5.91 Å². The highest BCUT2D eigenvalue weighted by molar-refractivity contribution is 5.92. The molecule has 0 spiro atoms. The Hall–Kier alpha value is -2.89. The van der Waals surface area contributed by atoms with E-state index < -0.39 is 0 Å². The number of amides is 1. The largest absolute Gasteiger partial charge is 0.489 e. The Bertz CT molecular complexity index is 915. The van der Waals surface area contributed by atoms with Crippen LogP contribution >= 0.6 is 0 Å². The lowest BCUT2D eigenvalue weighted by Crippen LogP contribution is -2.28. The number of benzene rings is 1. The van der Waals surface area contributed by atoms with Crippen LogP contribution in [-0.4, -0.2) is 34.2 Å². The van der Waals surface area contributed by atoms with Crippen molar-refractivity contribution in [2.24, 2.45) is 0 Å². The fraction of sp³-hybridized carbons (Fsp3) is 0.316. The number of rotatable bonds is 6. The smallest absolute Gasteiger partial charge is 0.271 e. The molecule has 1 fully saturated rings. The number of hydrogen-bond acceptors (Lipinski definition) is 4. The number of hydrogen-bond donors (Lipinski definition) is 2. The van der Waals surface area contributed by atoms with Gasteiger partial charge in [-0.05, 0) is 38.0 Å². The van der Waals surface area contributed by atoms with Crippen molar-refractivity contribution in [1.29, 1.82) is 0 Å². The van der Waals surface area contributed by atoms with Gasteiger partial charge < -0.3 is 10.1 Å². The molecule has 2 N–H and O–H groups in total. The second kappa shape index (κ2) is 6.55. The fourth-order valence-corrected chi connectivity index (χ4v) is 2.81. The zero-order chi connectivity index (χ0) is 17.2. The van der Waals surface area contributed by atoms with E-state index in [1.54, 1.807) is 0 Å². The van der Waals surface area contributed by atoms with Gasteiger partial charge in [-0.25, -0.2) is 4.98 Å². The monoisotopic (exact) mass is 336 g/mol. The van der Waals surface area contributed by atoms with Crippen molar-refractivity contribution >= 4 is 16.8 Å². The number of pyridine rings is 1. The molecule has 2 aromatic heterocycles. The lowest BCUT2D eigenvalue weighted by atomic mass is 10.2. The summed E-state index contributed by atoms with van der Waals surface area (Å²) in [4.78, 5) is 16.6. The first-order valence-electron chi connectivity index (χ1n) is 8.53. The van der Waals surface area contributed by atoms with Crippen LogP contribution in [0.3, 0.4) is 0 Å². The summed E-state index contributed by atoms with van der Waals surface area (Å²) < 4.78 is 5.81. The number of fused-ring (bicyclic) bond motifs is 1. The second-order valence-corrected chi connectivity index (χ2v) is 6.37. The van der Waals surface area contributed by atoms with Crippen molar-refractivity contribution in [2.45, 2.75) is 25.7 Å². The number of ether oxygens (including phenoxy) is 1. The predicted molar refractivity (Wildman–Crippen MR) is 94.9 cm³/mol. The molecule has 1 aromatic carbocycles. The van der Waals surface area contributed by atoms with E-state index >= 15 is 0 Å². The van der Waals surface area contributed by atoms with Crippen LogP contribution in [0.4, 0.5) is 0 Å². The van der Waals surface area contributed by atoms with Crippen LogP contribution in [0, 0.1) is 6.92 Å². The molecular weight excluding hydrogens is 316 g/mol. The maximum atomic E-state index is 12.1. The van der Waals surface area contributed by atoms with Gasteiger partial charge in [0.15, 0.2) is 0 Å². The normalized spacial score (nSPS) is 13.8. The molecule has 1 aliphatic carbocycles. The molecule has 4 rings (SSSR count). The summed E-state index contributed by atoms with van der Waals surface area (Å²) in [5, 5.41) is 10.9. The van der Waals surface area contributed by atoms with Gasteiger partial charge in [0.25, 0.3) is 5.91 Å². The van der Waals surface area contributed by atoms with E-state index in [1.165, 1.54) is 12.8 Å². The highest BCUT2D eigenvalue weighted by atomic mass is 16.5. The van der Waals surface area contributed by atoms with E-state index in [1.807, 2.05) is 43.3 Å². The molecule has 0 bridgehead atoms. The molecular formula is C19H20N4O2. The lowest BCUT2D eigenvalue weighted by Gasteiger charge is -2.09. The first-order chi connectivity index (χ1) is 12.2. The quantitative estimate of drug-likeness (QED) is 0.678. The summed E-state index contributed by atoms with van der Waals surface area (Å²) in [6.07, 6.45) is 2.35. The maximum absolute atomic E-state index is 12.1. The molecule has 0 radical (unpaired) electrons. The van der Waals surface area contributed by atoms with Gasteiger partial charge in [0.1, 0.15) is 23.6 Å². The predicted octanol–water partition coefficient (Wildman–Crippen LogP) is 2.95. The third-order valence-electron chi connectivity index (χ3n) is 4.32. The first kappa shape index (κ1) is 15.6. The minimum absolute atomic E-state index is 0.182. The molecule has 0 atom stereocenters. The zero-order valence-corrected chi connectivity index (χ0v) is 14.1. The summed E-state index contributed by atoms with van der Waals surface area (Å²) in [6.45, 7) is 2.74. The molecule has 0 unspecified atom stereocenters. The average Bonchev–Trinajstić information content (AvgIpc) is 3.35. The number of nitrogens with one attached hydrogen (secondary N) is 2. The molecule has 0 aliphatic heterocycles. The van der Waals surface area contributed by atoms with Crippen molar-refractivity contribution in [3.05, 3.63) is 53.5 Å². The van der Waals surface area contributed by atoms with Crippen LogP contribution in [-0.2, 0) is 0 Å². The number of aromatic nitrogens is 3. The van der Waals surface area contributed by atoms with E-state index in [4.69, 9.17) is 4.74 Å². The van der Waals surface area contributed by atoms with Crippen LogP contribution in [0.25, 0.3) is 10.9 Å². The minimum atomic E-state index is -0.182. The Kier molecular flexibility index (Phi) is 4.09. The topological polar surface area (TPSA) is 79.9 Å². The van der Waals surface area contributed by atoms with E-state index in [2.05, 4.69) is 20.5 Å². The number of para-hydroxylation sites is 1. The number of H-pyrrole nitrogens is 1. The Morgan fingerprint density at radius 3 is 3.04 bits per heavy atom. The lowest BCUT2D eigenvalue weighted by molar-refractivity contribution is 0.0942.